The summed E-state index contributed by atoms with van der Waals surface area (Å²) >= 11 is 1.48. The molecule has 0 aromatic carbocycles. The molecule has 0 aliphatic heterocycles. The molecule has 2 aromatic heterocycles. The van der Waals surface area contributed by atoms with Crippen LogP contribution in [0.25, 0.3) is 4.96 Å². The summed E-state index contributed by atoms with van der Waals surface area (Å²) in [5.41, 5.74) is 1.02. The van der Waals surface area contributed by atoms with Gasteiger partial charge < -0.3 is 5.32 Å². The van der Waals surface area contributed by atoms with E-state index in [1.807, 2.05) is 13.1 Å². The molecule has 0 amide bonds. The van der Waals surface area contributed by atoms with Crippen LogP contribution in [-0.2, 0) is 15.3 Å². The van der Waals surface area contributed by atoms with Gasteiger partial charge in [-0.3, -0.25) is 0 Å². The van der Waals surface area contributed by atoms with E-state index in [-0.39, 0.29) is 17.2 Å². The molecule has 2 heterocycles. The minimum absolute atomic E-state index is 0.00376. The van der Waals surface area contributed by atoms with Crippen molar-refractivity contribution in [2.24, 2.45) is 0 Å². The van der Waals surface area contributed by atoms with Crippen LogP contribution in [0.2, 0.25) is 0 Å². The van der Waals surface area contributed by atoms with E-state index in [1.165, 1.54) is 17.6 Å². The Bertz CT molecular complexity index is 694. The zero-order valence-electron chi connectivity index (χ0n) is 13.0. The smallest absolute Gasteiger partial charge is 0.214 e. The van der Waals surface area contributed by atoms with Crippen molar-refractivity contribution in [2.75, 3.05) is 17.3 Å². The maximum atomic E-state index is 11.2. The number of hydrogen-bond donors (Lipinski definition) is 1. The third-order valence-electron chi connectivity index (χ3n) is 3.10. The summed E-state index contributed by atoms with van der Waals surface area (Å²) in [6.07, 6.45) is 3.76. The minimum Gasteiger partial charge on any atom is -0.358 e. The monoisotopic (exact) mass is 330 g/mol. The number of hydrogen-bond acceptors (Lipinski definition) is 6. The van der Waals surface area contributed by atoms with Crippen molar-refractivity contribution in [2.45, 2.75) is 45.6 Å². The number of sulfone groups is 1. The van der Waals surface area contributed by atoms with Crippen LogP contribution in [0, 0.1) is 0 Å². The summed E-state index contributed by atoms with van der Waals surface area (Å²) in [5.74, 6) is 0.178. The maximum Gasteiger partial charge on any atom is 0.214 e. The lowest BCUT2D eigenvalue weighted by Gasteiger charge is -2.14. The minimum atomic E-state index is -2.92. The van der Waals surface area contributed by atoms with Crippen LogP contribution < -0.4 is 5.32 Å². The van der Waals surface area contributed by atoms with Gasteiger partial charge in [-0.25, -0.2) is 17.9 Å². The molecular formula is C13H22N4O2S2. The van der Waals surface area contributed by atoms with Gasteiger partial charge >= 0.3 is 0 Å². The first-order valence-corrected chi connectivity index (χ1v) is 9.73. The Hall–Kier alpha value is -1.15. The molecule has 0 saturated carbocycles. The van der Waals surface area contributed by atoms with E-state index < -0.39 is 9.84 Å². The average Bonchev–Trinajstić information content (AvgIpc) is 2.82. The standard InChI is InChI=1S/C13H22N4O2S2/c1-9(6-7-21(5,18)19)14-11-16-17-8-10(13(2,3)4)15-12(17)20-11/h8-9H,6-7H2,1-5H3,(H,14,16). The zero-order chi connectivity index (χ0) is 15.8. The van der Waals surface area contributed by atoms with Gasteiger partial charge in [0.25, 0.3) is 0 Å². The molecule has 0 saturated heterocycles. The summed E-state index contributed by atoms with van der Waals surface area (Å²) in [7, 11) is -2.92. The van der Waals surface area contributed by atoms with Crippen molar-refractivity contribution < 1.29 is 8.42 Å². The van der Waals surface area contributed by atoms with E-state index in [4.69, 9.17) is 0 Å². The second-order valence-electron chi connectivity index (χ2n) is 6.47. The largest absolute Gasteiger partial charge is 0.358 e. The van der Waals surface area contributed by atoms with Crippen LogP contribution in [0.4, 0.5) is 5.13 Å². The number of imidazole rings is 1. The van der Waals surface area contributed by atoms with Crippen LogP contribution >= 0.6 is 11.3 Å². The molecule has 0 bridgehead atoms. The second kappa shape index (κ2) is 5.57. The fourth-order valence-corrected chi connectivity index (χ4v) is 3.47. The summed E-state index contributed by atoms with van der Waals surface area (Å²) in [4.78, 5) is 5.43. The lowest BCUT2D eigenvalue weighted by atomic mass is 9.93. The molecule has 1 N–H and O–H groups in total. The van der Waals surface area contributed by atoms with Gasteiger partial charge in [-0.2, -0.15) is 0 Å². The van der Waals surface area contributed by atoms with Crippen molar-refractivity contribution in [3.8, 4) is 0 Å². The highest BCUT2D eigenvalue weighted by Crippen LogP contribution is 2.26. The van der Waals surface area contributed by atoms with Crippen LogP contribution in [-0.4, -0.2) is 41.1 Å². The van der Waals surface area contributed by atoms with Gasteiger partial charge in [0.2, 0.25) is 10.1 Å². The number of nitrogens with one attached hydrogen (secondary N) is 1. The van der Waals surface area contributed by atoms with E-state index in [9.17, 15) is 8.42 Å². The Morgan fingerprint density at radius 3 is 2.62 bits per heavy atom. The molecule has 0 aliphatic rings. The van der Waals surface area contributed by atoms with Gasteiger partial charge in [0.05, 0.1) is 17.6 Å². The SMILES string of the molecule is CC(CCS(C)(=O)=O)Nc1nn2cc(C(C)(C)C)nc2s1. The number of anilines is 1. The van der Waals surface area contributed by atoms with Crippen LogP contribution in [0.5, 0.6) is 0 Å². The fourth-order valence-electron chi connectivity index (χ4n) is 1.79. The first-order valence-electron chi connectivity index (χ1n) is 6.85. The van der Waals surface area contributed by atoms with Crippen molar-refractivity contribution >= 4 is 31.3 Å². The molecule has 0 aliphatic carbocycles. The zero-order valence-corrected chi connectivity index (χ0v) is 14.7. The van der Waals surface area contributed by atoms with Crippen LogP contribution in [0.15, 0.2) is 6.20 Å². The maximum absolute atomic E-state index is 11.2. The van der Waals surface area contributed by atoms with Gasteiger partial charge in [0.15, 0.2) is 0 Å². The Labute approximate surface area is 129 Å². The van der Waals surface area contributed by atoms with Crippen molar-refractivity contribution in [3.63, 3.8) is 0 Å². The molecule has 2 rings (SSSR count). The average molecular weight is 330 g/mol. The topological polar surface area (TPSA) is 76.4 Å². The number of fused-ring (bicyclic) bond motifs is 1. The number of rotatable bonds is 5. The molecule has 0 radical (unpaired) electrons. The van der Waals surface area contributed by atoms with Crippen LogP contribution in [0.1, 0.15) is 39.8 Å². The Morgan fingerprint density at radius 1 is 1.43 bits per heavy atom. The molecule has 6 nitrogen and oxygen atoms in total. The first kappa shape index (κ1) is 16.2. The van der Waals surface area contributed by atoms with Crippen LogP contribution in [0.3, 0.4) is 0 Å². The highest BCUT2D eigenvalue weighted by Gasteiger charge is 2.19. The predicted molar refractivity (Wildman–Crippen MR) is 87.0 cm³/mol. The second-order valence-corrected chi connectivity index (χ2v) is 9.69. The summed E-state index contributed by atoms with van der Waals surface area (Å²) in [5, 5.41) is 8.44. The van der Waals surface area contributed by atoms with Gasteiger partial charge in [-0.15, -0.1) is 5.10 Å². The molecule has 8 heteroatoms. The molecule has 118 valence electrons. The van der Waals surface area contributed by atoms with Gasteiger partial charge in [0, 0.05) is 17.7 Å². The van der Waals surface area contributed by atoms with E-state index in [0.29, 0.717) is 6.42 Å². The fraction of sp³-hybridized carbons (Fsp3) is 0.692. The molecule has 21 heavy (non-hydrogen) atoms. The molecule has 0 fully saturated rings. The summed E-state index contributed by atoms with van der Waals surface area (Å²) in [6, 6.07) is 0.0534. The van der Waals surface area contributed by atoms with E-state index in [2.05, 4.69) is 36.2 Å². The Morgan fingerprint density at radius 2 is 2.10 bits per heavy atom. The molecule has 2 aromatic rings. The quantitative estimate of drug-likeness (QED) is 0.910. The third kappa shape index (κ3) is 4.41. The number of aromatic nitrogens is 3. The summed E-state index contributed by atoms with van der Waals surface area (Å²) in [6.45, 7) is 8.31. The predicted octanol–water partition coefficient (Wildman–Crippen LogP) is 2.32. The van der Waals surface area contributed by atoms with Gasteiger partial charge in [-0.05, 0) is 13.3 Å². The van der Waals surface area contributed by atoms with Gasteiger partial charge in [-0.1, -0.05) is 32.1 Å². The highest BCUT2D eigenvalue weighted by atomic mass is 32.2. The van der Waals surface area contributed by atoms with E-state index >= 15 is 0 Å². The van der Waals surface area contributed by atoms with E-state index in [1.54, 1.807) is 4.52 Å². The van der Waals surface area contributed by atoms with Crippen molar-refractivity contribution in [1.29, 1.82) is 0 Å². The molecular weight excluding hydrogens is 308 g/mol. The molecule has 0 spiro atoms. The van der Waals surface area contributed by atoms with E-state index in [0.717, 1.165) is 15.8 Å². The third-order valence-corrected chi connectivity index (χ3v) is 4.93. The highest BCUT2D eigenvalue weighted by molar-refractivity contribution is 7.90. The lowest BCUT2D eigenvalue weighted by Crippen LogP contribution is -2.19. The molecule has 1 atom stereocenters. The first-order chi connectivity index (χ1) is 9.54. The Kier molecular flexibility index (Phi) is 4.30. The molecule has 1 unspecified atom stereocenters. The Balaban J connectivity index is 2.05. The van der Waals surface area contributed by atoms with Crippen molar-refractivity contribution in [1.82, 2.24) is 14.6 Å². The number of nitrogens with zero attached hydrogens (tertiary/aromatic N) is 3. The van der Waals surface area contributed by atoms with Gasteiger partial charge in [0.1, 0.15) is 9.84 Å². The normalized spacial score (nSPS) is 14.5. The van der Waals surface area contributed by atoms with Crippen molar-refractivity contribution in [3.05, 3.63) is 11.9 Å². The lowest BCUT2D eigenvalue weighted by molar-refractivity contribution is 0.572. The summed E-state index contributed by atoms with van der Waals surface area (Å²) < 4.78 is 24.1.